The van der Waals surface area contributed by atoms with E-state index in [4.69, 9.17) is 4.74 Å². The average molecular weight is 381 g/mol. The van der Waals surface area contributed by atoms with Crippen LogP contribution in [0.2, 0.25) is 0 Å². The number of hydrazine groups is 1. The summed E-state index contributed by atoms with van der Waals surface area (Å²) in [5.74, 6) is -0.791. The molecule has 0 saturated carbocycles. The number of ether oxygens (including phenoxy) is 1. The first-order chi connectivity index (χ1) is 13.1. The molecular formula is C20H19N3O3S. The maximum atomic E-state index is 12.4. The van der Waals surface area contributed by atoms with Crippen LogP contribution in [0.5, 0.6) is 0 Å². The normalized spacial score (nSPS) is 10.4. The van der Waals surface area contributed by atoms with Gasteiger partial charge in [0.1, 0.15) is 9.88 Å². The minimum absolute atomic E-state index is 0.395. The van der Waals surface area contributed by atoms with Crippen molar-refractivity contribution in [3.8, 4) is 10.6 Å². The number of rotatable bonds is 5. The highest BCUT2D eigenvalue weighted by atomic mass is 32.1. The van der Waals surface area contributed by atoms with Gasteiger partial charge in [-0.25, -0.2) is 4.98 Å². The Balaban J connectivity index is 1.67. The third kappa shape index (κ3) is 4.58. The largest absolute Gasteiger partial charge is 0.380 e. The first kappa shape index (κ1) is 18.8. The Labute approximate surface area is 161 Å². The van der Waals surface area contributed by atoms with Gasteiger partial charge in [-0.3, -0.25) is 20.4 Å². The lowest BCUT2D eigenvalue weighted by Crippen LogP contribution is -2.41. The number of hydrogen-bond acceptors (Lipinski definition) is 5. The molecular weight excluding hydrogens is 362 g/mol. The maximum absolute atomic E-state index is 12.4. The Morgan fingerprint density at radius 2 is 1.78 bits per heavy atom. The fourth-order valence-electron chi connectivity index (χ4n) is 2.52. The van der Waals surface area contributed by atoms with Crippen LogP contribution >= 0.6 is 11.3 Å². The molecule has 0 aliphatic heterocycles. The van der Waals surface area contributed by atoms with Crippen LogP contribution in [0.15, 0.2) is 54.6 Å². The van der Waals surface area contributed by atoms with E-state index in [1.807, 2.05) is 36.4 Å². The lowest BCUT2D eigenvalue weighted by molar-refractivity contribution is 0.0848. The van der Waals surface area contributed by atoms with E-state index in [0.717, 1.165) is 16.1 Å². The molecule has 2 amide bonds. The van der Waals surface area contributed by atoms with Crippen LogP contribution in [0.4, 0.5) is 0 Å². The van der Waals surface area contributed by atoms with Crippen LogP contribution < -0.4 is 10.9 Å². The Morgan fingerprint density at radius 1 is 1.04 bits per heavy atom. The van der Waals surface area contributed by atoms with Crippen molar-refractivity contribution >= 4 is 23.2 Å². The molecule has 0 unspecified atom stereocenters. The molecule has 0 radical (unpaired) electrons. The van der Waals surface area contributed by atoms with Gasteiger partial charge in [0.15, 0.2) is 0 Å². The number of hydrogen-bond donors (Lipinski definition) is 2. The van der Waals surface area contributed by atoms with Gasteiger partial charge in [-0.1, -0.05) is 42.5 Å². The predicted molar refractivity (Wildman–Crippen MR) is 104 cm³/mol. The summed E-state index contributed by atoms with van der Waals surface area (Å²) < 4.78 is 5.06. The van der Waals surface area contributed by atoms with Gasteiger partial charge in [0.25, 0.3) is 11.8 Å². The number of amides is 2. The van der Waals surface area contributed by atoms with Gasteiger partial charge in [0, 0.05) is 18.2 Å². The number of nitrogens with one attached hydrogen (secondary N) is 2. The molecule has 0 aliphatic carbocycles. The molecule has 27 heavy (non-hydrogen) atoms. The highest BCUT2D eigenvalue weighted by Gasteiger charge is 2.17. The zero-order valence-electron chi connectivity index (χ0n) is 15.0. The van der Waals surface area contributed by atoms with Crippen molar-refractivity contribution in [3.05, 3.63) is 76.3 Å². The summed E-state index contributed by atoms with van der Waals surface area (Å²) in [7, 11) is 1.59. The lowest BCUT2D eigenvalue weighted by Gasteiger charge is -2.08. The van der Waals surface area contributed by atoms with Gasteiger partial charge in [-0.05, 0) is 24.6 Å². The fraction of sp³-hybridized carbons (Fsp3) is 0.150. The van der Waals surface area contributed by atoms with E-state index in [9.17, 15) is 9.59 Å². The van der Waals surface area contributed by atoms with E-state index in [1.165, 1.54) is 11.3 Å². The first-order valence-corrected chi connectivity index (χ1v) is 9.11. The van der Waals surface area contributed by atoms with Gasteiger partial charge in [0.2, 0.25) is 0 Å². The number of benzene rings is 2. The number of nitrogens with zero attached hydrogens (tertiary/aromatic N) is 1. The van der Waals surface area contributed by atoms with Crippen molar-refractivity contribution < 1.29 is 14.3 Å². The zero-order chi connectivity index (χ0) is 19.2. The number of aryl methyl sites for hydroxylation is 1. The third-order valence-electron chi connectivity index (χ3n) is 3.81. The summed E-state index contributed by atoms with van der Waals surface area (Å²) in [5.41, 5.74) is 7.78. The molecule has 2 N–H and O–H groups in total. The molecule has 1 aromatic heterocycles. The summed E-state index contributed by atoms with van der Waals surface area (Å²) in [6.45, 7) is 2.18. The molecule has 0 atom stereocenters. The number of aromatic nitrogens is 1. The van der Waals surface area contributed by atoms with Crippen LogP contribution in [0.3, 0.4) is 0 Å². The molecule has 7 heteroatoms. The monoisotopic (exact) mass is 381 g/mol. The number of carbonyl (C=O) groups is 2. The molecule has 3 rings (SSSR count). The Morgan fingerprint density at radius 3 is 2.52 bits per heavy atom. The van der Waals surface area contributed by atoms with Crippen molar-refractivity contribution in [3.63, 3.8) is 0 Å². The second-order valence-electron chi connectivity index (χ2n) is 5.84. The molecule has 0 bridgehead atoms. The first-order valence-electron chi connectivity index (χ1n) is 8.30. The minimum atomic E-state index is -0.397. The molecule has 1 heterocycles. The molecule has 6 nitrogen and oxygen atoms in total. The quantitative estimate of drug-likeness (QED) is 0.664. The summed E-state index contributed by atoms with van der Waals surface area (Å²) in [6.07, 6.45) is 0. The molecule has 3 aromatic rings. The Kier molecular flexibility index (Phi) is 5.95. The number of carbonyl (C=O) groups excluding carboxylic acids is 2. The number of methoxy groups -OCH3 is 1. The second-order valence-corrected chi connectivity index (χ2v) is 6.84. The molecule has 0 aliphatic rings. The standard InChI is InChI=1S/C20H19N3O3S/c1-13-17(27-20(21-13)15-8-4-3-5-9-15)19(25)23-22-18(24)16-10-6-7-14(11-16)12-26-2/h3-11H,12H2,1-2H3,(H,22,24)(H,23,25). The third-order valence-corrected chi connectivity index (χ3v) is 5.02. The van der Waals surface area contributed by atoms with Crippen molar-refractivity contribution in [1.82, 2.24) is 15.8 Å². The van der Waals surface area contributed by atoms with Crippen molar-refractivity contribution in [2.45, 2.75) is 13.5 Å². The topological polar surface area (TPSA) is 80.3 Å². The zero-order valence-corrected chi connectivity index (χ0v) is 15.8. The molecule has 0 fully saturated rings. The Bertz CT molecular complexity index is 954. The van der Waals surface area contributed by atoms with Crippen LogP contribution in [0, 0.1) is 6.92 Å². The van der Waals surface area contributed by atoms with E-state index in [2.05, 4.69) is 15.8 Å². The summed E-state index contributed by atoms with van der Waals surface area (Å²) in [5, 5.41) is 0.761. The highest BCUT2D eigenvalue weighted by Crippen LogP contribution is 2.27. The van der Waals surface area contributed by atoms with E-state index in [1.54, 1.807) is 32.2 Å². The van der Waals surface area contributed by atoms with Crippen LogP contribution in [-0.2, 0) is 11.3 Å². The average Bonchev–Trinajstić information content (AvgIpc) is 3.09. The van der Waals surface area contributed by atoms with Crippen molar-refractivity contribution in [2.75, 3.05) is 7.11 Å². The second kappa shape index (κ2) is 8.57. The van der Waals surface area contributed by atoms with E-state index in [0.29, 0.717) is 22.7 Å². The fourth-order valence-corrected chi connectivity index (χ4v) is 3.49. The SMILES string of the molecule is COCc1cccc(C(=O)NNC(=O)c2sc(-c3ccccc3)nc2C)c1. The summed E-state index contributed by atoms with van der Waals surface area (Å²) in [6, 6.07) is 16.7. The Hall–Kier alpha value is -3.03. The van der Waals surface area contributed by atoms with Gasteiger partial charge >= 0.3 is 0 Å². The molecule has 2 aromatic carbocycles. The summed E-state index contributed by atoms with van der Waals surface area (Å²) in [4.78, 5) is 29.6. The van der Waals surface area contributed by atoms with Crippen LogP contribution in [0.1, 0.15) is 31.3 Å². The van der Waals surface area contributed by atoms with Crippen LogP contribution in [-0.4, -0.2) is 23.9 Å². The van der Waals surface area contributed by atoms with Gasteiger partial charge < -0.3 is 4.74 Å². The van der Waals surface area contributed by atoms with Crippen molar-refractivity contribution in [1.29, 1.82) is 0 Å². The smallest absolute Gasteiger partial charge is 0.281 e. The van der Waals surface area contributed by atoms with Crippen molar-refractivity contribution in [2.24, 2.45) is 0 Å². The van der Waals surface area contributed by atoms with E-state index in [-0.39, 0.29) is 0 Å². The summed E-state index contributed by atoms with van der Waals surface area (Å²) >= 11 is 1.29. The van der Waals surface area contributed by atoms with E-state index < -0.39 is 11.8 Å². The van der Waals surface area contributed by atoms with Gasteiger partial charge in [0.05, 0.1) is 12.3 Å². The molecule has 0 saturated heterocycles. The van der Waals surface area contributed by atoms with E-state index >= 15 is 0 Å². The van der Waals surface area contributed by atoms with Crippen LogP contribution in [0.25, 0.3) is 10.6 Å². The predicted octanol–water partition coefficient (Wildman–Crippen LogP) is 3.34. The molecule has 138 valence electrons. The lowest BCUT2D eigenvalue weighted by atomic mass is 10.1. The number of thiazole rings is 1. The maximum Gasteiger partial charge on any atom is 0.281 e. The highest BCUT2D eigenvalue weighted by molar-refractivity contribution is 7.17. The van der Waals surface area contributed by atoms with Gasteiger partial charge in [-0.15, -0.1) is 11.3 Å². The van der Waals surface area contributed by atoms with Gasteiger partial charge in [-0.2, -0.15) is 0 Å². The minimum Gasteiger partial charge on any atom is -0.380 e. The molecule has 0 spiro atoms.